The maximum Gasteiger partial charge on any atom is 0.0258 e. The smallest absolute Gasteiger partial charge is 0.0258 e. The Balaban J connectivity index is 2.27. The predicted octanol–water partition coefficient (Wildman–Crippen LogP) is 2.74. The SMILES string of the molecule is C=C(CN(C)CCC)C1CN(/C(C)=C\C)C1. The topological polar surface area (TPSA) is 6.48 Å². The van der Waals surface area contributed by atoms with Gasteiger partial charge in [0.25, 0.3) is 0 Å². The fourth-order valence-corrected chi connectivity index (χ4v) is 2.14. The molecule has 0 unspecified atom stereocenters. The quantitative estimate of drug-likeness (QED) is 0.638. The molecule has 0 bridgehead atoms. The van der Waals surface area contributed by atoms with Gasteiger partial charge >= 0.3 is 0 Å². The summed E-state index contributed by atoms with van der Waals surface area (Å²) in [5.41, 5.74) is 2.79. The van der Waals surface area contributed by atoms with Crippen LogP contribution in [-0.2, 0) is 0 Å². The van der Waals surface area contributed by atoms with Gasteiger partial charge in [-0.25, -0.2) is 0 Å². The molecular weight excluding hydrogens is 196 g/mol. The zero-order valence-corrected chi connectivity index (χ0v) is 11.3. The first-order valence-electron chi connectivity index (χ1n) is 6.32. The van der Waals surface area contributed by atoms with E-state index in [4.69, 9.17) is 0 Å². The average molecular weight is 222 g/mol. The first-order chi connectivity index (χ1) is 7.58. The third kappa shape index (κ3) is 3.38. The molecule has 0 spiro atoms. The summed E-state index contributed by atoms with van der Waals surface area (Å²) in [6.45, 7) is 15.3. The molecule has 1 aliphatic heterocycles. The van der Waals surface area contributed by atoms with Crippen molar-refractivity contribution in [1.82, 2.24) is 9.80 Å². The normalized spacial score (nSPS) is 17.8. The van der Waals surface area contributed by atoms with Crippen LogP contribution in [0.4, 0.5) is 0 Å². The molecule has 0 aromatic heterocycles. The standard InChI is InChI=1S/C14H26N2/c1-6-8-15(5)9-12(3)14-10-16(11-14)13(4)7-2/h7,14H,3,6,8-11H2,1-2,4-5H3/b13-7-. The van der Waals surface area contributed by atoms with Crippen LogP contribution in [0.25, 0.3) is 0 Å². The molecule has 0 radical (unpaired) electrons. The van der Waals surface area contributed by atoms with E-state index in [1.807, 2.05) is 0 Å². The van der Waals surface area contributed by atoms with Crippen LogP contribution in [0.2, 0.25) is 0 Å². The Bertz CT molecular complexity index is 262. The molecule has 0 aromatic rings. The summed E-state index contributed by atoms with van der Waals surface area (Å²) in [5.74, 6) is 0.703. The van der Waals surface area contributed by atoms with Crippen molar-refractivity contribution in [2.24, 2.45) is 5.92 Å². The summed E-state index contributed by atoms with van der Waals surface area (Å²) in [6, 6.07) is 0. The molecule has 1 aliphatic rings. The minimum Gasteiger partial charge on any atom is -0.374 e. The van der Waals surface area contributed by atoms with Crippen LogP contribution in [0.3, 0.4) is 0 Å². The lowest BCUT2D eigenvalue weighted by molar-refractivity contribution is 0.162. The molecule has 0 atom stereocenters. The van der Waals surface area contributed by atoms with Gasteiger partial charge in [-0.3, -0.25) is 0 Å². The maximum absolute atomic E-state index is 4.23. The van der Waals surface area contributed by atoms with Crippen molar-refractivity contribution in [1.29, 1.82) is 0 Å². The number of rotatable bonds is 6. The largest absolute Gasteiger partial charge is 0.374 e. The number of likely N-dealkylation sites (tertiary alicyclic amines) is 1. The number of hydrogen-bond acceptors (Lipinski definition) is 2. The van der Waals surface area contributed by atoms with Gasteiger partial charge in [-0.2, -0.15) is 0 Å². The minimum atomic E-state index is 0.703. The van der Waals surface area contributed by atoms with Gasteiger partial charge in [0, 0.05) is 31.2 Å². The molecule has 1 saturated heterocycles. The van der Waals surface area contributed by atoms with E-state index < -0.39 is 0 Å². The Hall–Kier alpha value is -0.760. The van der Waals surface area contributed by atoms with Gasteiger partial charge in [0.05, 0.1) is 0 Å². The van der Waals surface area contributed by atoms with Crippen LogP contribution in [-0.4, -0.2) is 43.0 Å². The molecule has 2 heteroatoms. The molecule has 1 rings (SSSR count). The van der Waals surface area contributed by atoms with Gasteiger partial charge in [-0.15, -0.1) is 0 Å². The van der Waals surface area contributed by atoms with Crippen molar-refractivity contribution in [2.45, 2.75) is 27.2 Å². The van der Waals surface area contributed by atoms with E-state index in [2.05, 4.69) is 50.3 Å². The lowest BCUT2D eigenvalue weighted by atomic mass is 9.91. The second-order valence-corrected chi connectivity index (χ2v) is 4.93. The van der Waals surface area contributed by atoms with Crippen molar-refractivity contribution in [3.8, 4) is 0 Å². The van der Waals surface area contributed by atoms with Crippen LogP contribution in [0.1, 0.15) is 27.2 Å². The molecule has 0 saturated carbocycles. The van der Waals surface area contributed by atoms with Crippen LogP contribution >= 0.6 is 0 Å². The second-order valence-electron chi connectivity index (χ2n) is 4.93. The zero-order valence-electron chi connectivity index (χ0n) is 11.3. The highest BCUT2D eigenvalue weighted by Crippen LogP contribution is 2.26. The van der Waals surface area contributed by atoms with Gasteiger partial charge in [0.2, 0.25) is 0 Å². The Kier molecular flexibility index (Phi) is 5.07. The number of allylic oxidation sites excluding steroid dienone is 2. The minimum absolute atomic E-state index is 0.703. The van der Waals surface area contributed by atoms with E-state index in [1.165, 1.54) is 24.2 Å². The summed E-state index contributed by atoms with van der Waals surface area (Å²) >= 11 is 0. The van der Waals surface area contributed by atoms with Crippen molar-refractivity contribution in [3.63, 3.8) is 0 Å². The van der Waals surface area contributed by atoms with E-state index in [0.717, 1.165) is 19.6 Å². The fourth-order valence-electron chi connectivity index (χ4n) is 2.14. The molecule has 0 N–H and O–H groups in total. The molecule has 2 nitrogen and oxygen atoms in total. The summed E-state index contributed by atoms with van der Waals surface area (Å²) < 4.78 is 0. The molecule has 0 amide bonds. The molecule has 16 heavy (non-hydrogen) atoms. The molecular formula is C14H26N2. The van der Waals surface area contributed by atoms with E-state index >= 15 is 0 Å². The summed E-state index contributed by atoms with van der Waals surface area (Å²) in [4.78, 5) is 4.79. The number of nitrogens with zero attached hydrogens (tertiary/aromatic N) is 2. The fraction of sp³-hybridized carbons (Fsp3) is 0.714. The lowest BCUT2D eigenvalue weighted by Gasteiger charge is -2.43. The van der Waals surface area contributed by atoms with Crippen LogP contribution in [0.5, 0.6) is 0 Å². The lowest BCUT2D eigenvalue weighted by Crippen LogP contribution is -2.47. The Labute approximate surface area is 101 Å². The highest BCUT2D eigenvalue weighted by atomic mass is 15.2. The molecule has 0 aliphatic carbocycles. The monoisotopic (exact) mass is 222 g/mol. The second kappa shape index (κ2) is 6.09. The van der Waals surface area contributed by atoms with Gasteiger partial charge < -0.3 is 9.80 Å². The van der Waals surface area contributed by atoms with Crippen molar-refractivity contribution in [2.75, 3.05) is 33.2 Å². The Morgan fingerprint density at radius 1 is 1.50 bits per heavy atom. The van der Waals surface area contributed by atoms with Crippen LogP contribution in [0, 0.1) is 5.92 Å². The van der Waals surface area contributed by atoms with Crippen molar-refractivity contribution < 1.29 is 0 Å². The third-order valence-electron chi connectivity index (χ3n) is 3.45. The number of hydrogen-bond donors (Lipinski definition) is 0. The molecule has 1 fully saturated rings. The number of likely N-dealkylation sites (N-methyl/N-ethyl adjacent to an activating group) is 1. The molecule has 1 heterocycles. The summed E-state index contributed by atoms with van der Waals surface area (Å²) in [6.07, 6.45) is 3.40. The maximum atomic E-state index is 4.23. The Morgan fingerprint density at radius 3 is 2.62 bits per heavy atom. The first kappa shape index (κ1) is 13.3. The average Bonchev–Trinajstić information content (AvgIpc) is 2.15. The molecule has 92 valence electrons. The predicted molar refractivity (Wildman–Crippen MR) is 71.4 cm³/mol. The van der Waals surface area contributed by atoms with Crippen molar-refractivity contribution >= 4 is 0 Å². The van der Waals surface area contributed by atoms with Gasteiger partial charge in [-0.05, 0) is 33.9 Å². The van der Waals surface area contributed by atoms with E-state index in [0.29, 0.717) is 5.92 Å². The van der Waals surface area contributed by atoms with E-state index in [-0.39, 0.29) is 0 Å². The van der Waals surface area contributed by atoms with E-state index in [9.17, 15) is 0 Å². The van der Waals surface area contributed by atoms with Gasteiger partial charge in [0.15, 0.2) is 0 Å². The summed E-state index contributed by atoms with van der Waals surface area (Å²) in [7, 11) is 2.18. The highest BCUT2D eigenvalue weighted by Gasteiger charge is 2.28. The Morgan fingerprint density at radius 2 is 2.12 bits per heavy atom. The van der Waals surface area contributed by atoms with Crippen molar-refractivity contribution in [3.05, 3.63) is 23.9 Å². The zero-order chi connectivity index (χ0) is 12.1. The van der Waals surface area contributed by atoms with Gasteiger partial charge in [-0.1, -0.05) is 25.2 Å². The first-order valence-corrected chi connectivity index (χ1v) is 6.32. The van der Waals surface area contributed by atoms with E-state index in [1.54, 1.807) is 0 Å². The molecule has 0 aromatic carbocycles. The highest BCUT2D eigenvalue weighted by molar-refractivity contribution is 5.13. The third-order valence-corrected chi connectivity index (χ3v) is 3.45. The van der Waals surface area contributed by atoms with Crippen LogP contribution in [0.15, 0.2) is 23.9 Å². The van der Waals surface area contributed by atoms with Crippen LogP contribution < -0.4 is 0 Å². The summed E-state index contributed by atoms with van der Waals surface area (Å²) in [5, 5.41) is 0. The van der Waals surface area contributed by atoms with Gasteiger partial charge in [0.1, 0.15) is 0 Å².